The van der Waals surface area contributed by atoms with Crippen LogP contribution in [-0.4, -0.2) is 60.4 Å². The fourth-order valence-electron chi connectivity index (χ4n) is 4.15. The summed E-state index contributed by atoms with van der Waals surface area (Å²) in [5.74, 6) is 0.280. The van der Waals surface area contributed by atoms with E-state index in [0.29, 0.717) is 18.0 Å². The van der Waals surface area contributed by atoms with E-state index < -0.39 is 0 Å². The summed E-state index contributed by atoms with van der Waals surface area (Å²) in [5, 5.41) is 0. The Morgan fingerprint density at radius 3 is 2.34 bits per heavy atom. The van der Waals surface area contributed by atoms with E-state index in [1.165, 1.54) is 10.5 Å². The van der Waals surface area contributed by atoms with Crippen LogP contribution < -0.4 is 9.64 Å². The van der Waals surface area contributed by atoms with Crippen molar-refractivity contribution in [3.05, 3.63) is 60.2 Å². The molecule has 0 radical (unpaired) electrons. The number of hydrogen-bond donors (Lipinski definition) is 0. The lowest BCUT2D eigenvalue weighted by Gasteiger charge is -2.37. The lowest BCUT2D eigenvalue weighted by atomic mass is 10.1. The third-order valence-corrected chi connectivity index (χ3v) is 5.63. The summed E-state index contributed by atoms with van der Waals surface area (Å²) in [7, 11) is 0. The van der Waals surface area contributed by atoms with Gasteiger partial charge in [0.25, 0.3) is 5.91 Å². The second kappa shape index (κ2) is 8.76. The van der Waals surface area contributed by atoms with Gasteiger partial charge in [-0.05, 0) is 24.6 Å². The fraction of sp³-hybridized carbons (Fsp3) is 0.391. The van der Waals surface area contributed by atoms with Crippen molar-refractivity contribution >= 4 is 17.5 Å². The zero-order valence-electron chi connectivity index (χ0n) is 16.8. The van der Waals surface area contributed by atoms with Crippen LogP contribution in [0.1, 0.15) is 18.9 Å². The van der Waals surface area contributed by atoms with Gasteiger partial charge in [-0.3, -0.25) is 19.4 Å². The van der Waals surface area contributed by atoms with Gasteiger partial charge in [-0.15, -0.1) is 0 Å². The lowest BCUT2D eigenvalue weighted by molar-refractivity contribution is -0.123. The van der Waals surface area contributed by atoms with E-state index in [1.807, 2.05) is 25.1 Å². The van der Waals surface area contributed by atoms with Crippen LogP contribution in [0.5, 0.6) is 5.75 Å². The summed E-state index contributed by atoms with van der Waals surface area (Å²) in [6.45, 7) is 6.65. The van der Waals surface area contributed by atoms with Gasteiger partial charge in [0.2, 0.25) is 5.91 Å². The van der Waals surface area contributed by atoms with Crippen molar-refractivity contribution in [1.29, 1.82) is 0 Å². The van der Waals surface area contributed by atoms with Crippen molar-refractivity contribution in [2.75, 3.05) is 37.7 Å². The van der Waals surface area contributed by atoms with Crippen LogP contribution in [0.3, 0.4) is 0 Å². The molecule has 0 spiro atoms. The molecule has 4 rings (SSSR count). The van der Waals surface area contributed by atoms with Crippen LogP contribution in [0.4, 0.5) is 5.69 Å². The second-order valence-electron chi connectivity index (χ2n) is 7.49. The Bertz CT molecular complexity index is 863. The smallest absolute Gasteiger partial charge is 0.251 e. The SMILES string of the molecule is CCOc1ccccc1N1C(=O)C[C@@H](N2CCN(Cc3ccccc3)CC2)C1=O. The molecule has 0 aromatic heterocycles. The first-order valence-electron chi connectivity index (χ1n) is 10.3. The van der Waals surface area contributed by atoms with Gasteiger partial charge in [0, 0.05) is 32.7 Å². The van der Waals surface area contributed by atoms with Crippen molar-refractivity contribution in [1.82, 2.24) is 9.80 Å². The predicted molar refractivity (Wildman–Crippen MR) is 112 cm³/mol. The molecule has 0 N–H and O–H groups in total. The van der Waals surface area contributed by atoms with Gasteiger partial charge in [0.1, 0.15) is 5.75 Å². The molecule has 0 aliphatic carbocycles. The van der Waals surface area contributed by atoms with Gasteiger partial charge in [0.15, 0.2) is 0 Å². The second-order valence-corrected chi connectivity index (χ2v) is 7.49. The molecule has 2 amide bonds. The highest BCUT2D eigenvalue weighted by molar-refractivity contribution is 6.23. The topological polar surface area (TPSA) is 53.1 Å². The summed E-state index contributed by atoms with van der Waals surface area (Å²) in [6.07, 6.45) is 0.234. The van der Waals surface area contributed by atoms with E-state index in [1.54, 1.807) is 12.1 Å². The van der Waals surface area contributed by atoms with Crippen LogP contribution in [0.25, 0.3) is 0 Å². The average Bonchev–Trinajstić information content (AvgIpc) is 3.04. The lowest BCUT2D eigenvalue weighted by Crippen LogP contribution is -2.52. The van der Waals surface area contributed by atoms with Crippen LogP contribution in [-0.2, 0) is 16.1 Å². The molecule has 0 bridgehead atoms. The molecule has 2 saturated heterocycles. The van der Waals surface area contributed by atoms with Crippen molar-refractivity contribution in [3.8, 4) is 5.75 Å². The number of piperazine rings is 1. The van der Waals surface area contributed by atoms with Crippen molar-refractivity contribution in [2.45, 2.75) is 25.9 Å². The number of ether oxygens (including phenoxy) is 1. The minimum Gasteiger partial charge on any atom is -0.492 e. The van der Waals surface area contributed by atoms with E-state index in [4.69, 9.17) is 4.74 Å². The first-order chi connectivity index (χ1) is 14.2. The summed E-state index contributed by atoms with van der Waals surface area (Å²) in [6, 6.07) is 17.3. The van der Waals surface area contributed by atoms with Crippen molar-refractivity contribution in [2.24, 2.45) is 0 Å². The molecular weight excluding hydrogens is 366 g/mol. The van der Waals surface area contributed by atoms with E-state index in [2.05, 4.69) is 34.1 Å². The Morgan fingerprint density at radius 1 is 0.931 bits per heavy atom. The fourth-order valence-corrected chi connectivity index (χ4v) is 4.15. The molecule has 2 aromatic carbocycles. The number of rotatable bonds is 6. The molecule has 2 fully saturated rings. The molecule has 2 aliphatic heterocycles. The van der Waals surface area contributed by atoms with Gasteiger partial charge in [-0.1, -0.05) is 42.5 Å². The molecule has 6 nitrogen and oxygen atoms in total. The zero-order chi connectivity index (χ0) is 20.2. The number of carbonyl (C=O) groups is 2. The van der Waals surface area contributed by atoms with Crippen molar-refractivity contribution in [3.63, 3.8) is 0 Å². The molecule has 29 heavy (non-hydrogen) atoms. The summed E-state index contributed by atoms with van der Waals surface area (Å²) in [5.41, 5.74) is 1.85. The summed E-state index contributed by atoms with van der Waals surface area (Å²) >= 11 is 0. The molecule has 152 valence electrons. The number of amides is 2. The Hall–Kier alpha value is -2.70. The maximum atomic E-state index is 13.1. The van der Waals surface area contributed by atoms with Gasteiger partial charge in [-0.2, -0.15) is 0 Å². The maximum Gasteiger partial charge on any atom is 0.251 e. The molecule has 6 heteroatoms. The number of carbonyl (C=O) groups excluding carboxylic acids is 2. The zero-order valence-corrected chi connectivity index (χ0v) is 16.8. The molecule has 2 aliphatic rings. The molecule has 2 heterocycles. The third kappa shape index (κ3) is 4.18. The summed E-state index contributed by atoms with van der Waals surface area (Å²) < 4.78 is 5.63. The van der Waals surface area contributed by atoms with E-state index in [9.17, 15) is 9.59 Å². The number of benzene rings is 2. The number of para-hydroxylation sites is 2. The van der Waals surface area contributed by atoms with Crippen LogP contribution in [0.15, 0.2) is 54.6 Å². The quantitative estimate of drug-likeness (QED) is 0.706. The van der Waals surface area contributed by atoms with Crippen LogP contribution in [0, 0.1) is 0 Å². The van der Waals surface area contributed by atoms with Crippen LogP contribution >= 0.6 is 0 Å². The van der Waals surface area contributed by atoms with Crippen molar-refractivity contribution < 1.29 is 14.3 Å². The largest absolute Gasteiger partial charge is 0.492 e. The highest BCUT2D eigenvalue weighted by Gasteiger charge is 2.44. The van der Waals surface area contributed by atoms with Gasteiger partial charge >= 0.3 is 0 Å². The minimum absolute atomic E-state index is 0.140. The third-order valence-electron chi connectivity index (χ3n) is 5.63. The first kappa shape index (κ1) is 19.6. The van der Waals surface area contributed by atoms with Gasteiger partial charge in [0.05, 0.1) is 24.8 Å². The monoisotopic (exact) mass is 393 g/mol. The maximum absolute atomic E-state index is 13.1. The van der Waals surface area contributed by atoms with Gasteiger partial charge in [-0.25, -0.2) is 4.90 Å². The number of imide groups is 1. The average molecular weight is 393 g/mol. The first-order valence-corrected chi connectivity index (χ1v) is 10.3. The molecular formula is C23H27N3O3. The highest BCUT2D eigenvalue weighted by atomic mass is 16.5. The Balaban J connectivity index is 1.41. The Labute approximate surface area is 171 Å². The van der Waals surface area contributed by atoms with Crippen LogP contribution in [0.2, 0.25) is 0 Å². The highest BCUT2D eigenvalue weighted by Crippen LogP contribution is 2.33. The molecule has 2 aromatic rings. The molecule has 0 saturated carbocycles. The number of hydrogen-bond acceptors (Lipinski definition) is 5. The Morgan fingerprint density at radius 2 is 1.62 bits per heavy atom. The Kier molecular flexibility index (Phi) is 5.92. The predicted octanol–water partition coefficient (Wildman–Crippen LogP) is 2.54. The molecule has 0 unspecified atom stereocenters. The number of nitrogens with zero attached hydrogens (tertiary/aromatic N) is 3. The van der Waals surface area contributed by atoms with E-state index >= 15 is 0 Å². The standard InChI is InChI=1S/C23H27N3O3/c1-2-29-21-11-7-6-10-19(21)26-22(27)16-20(23(26)28)25-14-12-24(13-15-25)17-18-8-4-3-5-9-18/h3-11,20H,2,12-17H2,1H3/t20-/m1/s1. The molecule has 1 atom stereocenters. The van der Waals surface area contributed by atoms with Gasteiger partial charge < -0.3 is 4.74 Å². The summed E-state index contributed by atoms with van der Waals surface area (Å²) in [4.78, 5) is 31.7. The number of anilines is 1. The minimum atomic E-state index is -0.379. The van der Waals surface area contributed by atoms with E-state index in [0.717, 1.165) is 32.7 Å². The van der Waals surface area contributed by atoms with E-state index in [-0.39, 0.29) is 24.3 Å². The normalized spacial score (nSPS) is 21.0.